The van der Waals surface area contributed by atoms with E-state index >= 15 is 0 Å². The number of hydrogen-bond donors (Lipinski definition) is 1. The van der Waals surface area contributed by atoms with Crippen molar-refractivity contribution >= 4 is 0 Å². The average molecular weight is 280 g/mol. The molecule has 0 aliphatic heterocycles. The molecule has 1 N–H and O–H groups in total. The van der Waals surface area contributed by atoms with Gasteiger partial charge in [0.05, 0.1) is 12.8 Å². The Hall–Kier alpha value is -0.800. The lowest BCUT2D eigenvalue weighted by Crippen LogP contribution is -2.29. The van der Waals surface area contributed by atoms with Crippen molar-refractivity contribution in [3.05, 3.63) is 23.7 Å². The second-order valence-corrected chi connectivity index (χ2v) is 5.91. The highest BCUT2D eigenvalue weighted by Gasteiger charge is 2.14. The van der Waals surface area contributed by atoms with Gasteiger partial charge in [0.15, 0.2) is 0 Å². The van der Waals surface area contributed by atoms with Gasteiger partial charge in [-0.3, -0.25) is 4.90 Å². The largest absolute Gasteiger partial charge is 0.468 e. The van der Waals surface area contributed by atoms with Crippen LogP contribution in [0.15, 0.2) is 16.7 Å². The summed E-state index contributed by atoms with van der Waals surface area (Å²) < 4.78 is 5.63. The topological polar surface area (TPSA) is 28.4 Å². The molecule has 0 fully saturated rings. The first kappa shape index (κ1) is 17.3. The van der Waals surface area contributed by atoms with E-state index in [2.05, 4.69) is 50.9 Å². The van der Waals surface area contributed by atoms with Gasteiger partial charge in [-0.05, 0) is 18.5 Å². The fraction of sp³-hybridized carbons (Fsp3) is 0.765. The van der Waals surface area contributed by atoms with Gasteiger partial charge in [0, 0.05) is 24.7 Å². The van der Waals surface area contributed by atoms with Crippen LogP contribution >= 0.6 is 0 Å². The highest BCUT2D eigenvalue weighted by Crippen LogP contribution is 2.16. The van der Waals surface area contributed by atoms with E-state index in [0.717, 1.165) is 31.3 Å². The minimum Gasteiger partial charge on any atom is -0.468 e. The van der Waals surface area contributed by atoms with Crippen LogP contribution in [0, 0.1) is 5.92 Å². The van der Waals surface area contributed by atoms with Crippen LogP contribution in [0.2, 0.25) is 0 Å². The van der Waals surface area contributed by atoms with Gasteiger partial charge < -0.3 is 9.73 Å². The number of nitrogens with one attached hydrogen (secondary N) is 1. The molecular weight excluding hydrogens is 248 g/mol. The summed E-state index contributed by atoms with van der Waals surface area (Å²) in [4.78, 5) is 2.53. The van der Waals surface area contributed by atoms with E-state index in [1.165, 1.54) is 24.9 Å². The van der Waals surface area contributed by atoms with E-state index in [0.29, 0.717) is 6.04 Å². The maximum Gasteiger partial charge on any atom is 0.122 e. The second kappa shape index (κ2) is 9.19. The van der Waals surface area contributed by atoms with E-state index in [4.69, 9.17) is 4.42 Å². The lowest BCUT2D eigenvalue weighted by Gasteiger charge is -2.25. The SMILES string of the molecule is CCC(CC)CN(CC)Cc1ccoc1CNC(C)C. The third-order valence-corrected chi connectivity index (χ3v) is 4.02. The summed E-state index contributed by atoms with van der Waals surface area (Å²) in [7, 11) is 0. The Labute approximate surface area is 124 Å². The first-order chi connectivity index (χ1) is 9.60. The zero-order valence-electron chi connectivity index (χ0n) is 13.9. The monoisotopic (exact) mass is 280 g/mol. The van der Waals surface area contributed by atoms with Gasteiger partial charge in [-0.2, -0.15) is 0 Å². The van der Waals surface area contributed by atoms with Crippen LogP contribution in [0.1, 0.15) is 58.8 Å². The van der Waals surface area contributed by atoms with Crippen molar-refractivity contribution < 1.29 is 4.42 Å². The zero-order valence-corrected chi connectivity index (χ0v) is 13.9. The minimum absolute atomic E-state index is 0.486. The Morgan fingerprint density at radius 2 is 1.90 bits per heavy atom. The summed E-state index contributed by atoms with van der Waals surface area (Å²) >= 11 is 0. The van der Waals surface area contributed by atoms with Crippen LogP contribution in [0.4, 0.5) is 0 Å². The Morgan fingerprint density at radius 1 is 1.20 bits per heavy atom. The highest BCUT2D eigenvalue weighted by molar-refractivity contribution is 5.17. The molecule has 1 heterocycles. The van der Waals surface area contributed by atoms with E-state index < -0.39 is 0 Å². The first-order valence-electron chi connectivity index (χ1n) is 8.11. The summed E-state index contributed by atoms with van der Waals surface area (Å²) in [5.74, 6) is 1.89. The maximum atomic E-state index is 5.63. The molecule has 1 aromatic rings. The van der Waals surface area contributed by atoms with Gasteiger partial charge in [0.2, 0.25) is 0 Å². The van der Waals surface area contributed by atoms with Gasteiger partial charge in [-0.1, -0.05) is 47.5 Å². The number of nitrogens with zero attached hydrogens (tertiary/aromatic N) is 1. The Kier molecular flexibility index (Phi) is 7.93. The lowest BCUT2D eigenvalue weighted by molar-refractivity contribution is 0.224. The third kappa shape index (κ3) is 5.68. The molecule has 0 spiro atoms. The molecule has 0 unspecified atom stereocenters. The summed E-state index contributed by atoms with van der Waals surface area (Å²) in [5, 5.41) is 3.43. The van der Waals surface area contributed by atoms with Gasteiger partial charge in [0.25, 0.3) is 0 Å². The highest BCUT2D eigenvalue weighted by atomic mass is 16.3. The van der Waals surface area contributed by atoms with E-state index in [-0.39, 0.29) is 0 Å². The van der Waals surface area contributed by atoms with Crippen molar-refractivity contribution in [3.63, 3.8) is 0 Å². The Morgan fingerprint density at radius 3 is 2.45 bits per heavy atom. The van der Waals surface area contributed by atoms with E-state index in [9.17, 15) is 0 Å². The standard InChI is InChI=1S/C17H32N2O/c1-6-15(7-2)12-19(8-3)13-16-9-10-20-17(16)11-18-14(4)5/h9-10,14-15,18H,6-8,11-13H2,1-5H3. The zero-order chi connectivity index (χ0) is 15.0. The van der Waals surface area contributed by atoms with Crippen molar-refractivity contribution in [2.45, 2.75) is 66.6 Å². The molecule has 0 saturated heterocycles. The summed E-state index contributed by atoms with van der Waals surface area (Å²) in [6, 6.07) is 2.60. The molecule has 0 amide bonds. The molecular formula is C17H32N2O. The van der Waals surface area contributed by atoms with Crippen LogP contribution in [0.3, 0.4) is 0 Å². The van der Waals surface area contributed by atoms with Crippen molar-refractivity contribution in [1.29, 1.82) is 0 Å². The smallest absolute Gasteiger partial charge is 0.122 e. The molecule has 1 rings (SSSR count). The quantitative estimate of drug-likeness (QED) is 0.701. The van der Waals surface area contributed by atoms with Crippen LogP contribution < -0.4 is 5.32 Å². The van der Waals surface area contributed by atoms with E-state index in [1.54, 1.807) is 0 Å². The average Bonchev–Trinajstić information content (AvgIpc) is 2.88. The number of rotatable bonds is 10. The number of hydrogen-bond acceptors (Lipinski definition) is 3. The molecule has 0 aromatic carbocycles. The summed E-state index contributed by atoms with van der Waals surface area (Å²) in [5.41, 5.74) is 1.32. The summed E-state index contributed by atoms with van der Waals surface area (Å²) in [6.07, 6.45) is 4.35. The van der Waals surface area contributed by atoms with Crippen LogP contribution in [0.5, 0.6) is 0 Å². The molecule has 0 radical (unpaired) electrons. The van der Waals surface area contributed by atoms with Crippen molar-refractivity contribution in [3.8, 4) is 0 Å². The van der Waals surface area contributed by atoms with Crippen molar-refractivity contribution in [2.24, 2.45) is 5.92 Å². The third-order valence-electron chi connectivity index (χ3n) is 4.02. The molecule has 3 heteroatoms. The van der Waals surface area contributed by atoms with Gasteiger partial charge in [0.1, 0.15) is 5.76 Å². The summed E-state index contributed by atoms with van der Waals surface area (Å²) in [6.45, 7) is 15.2. The molecule has 3 nitrogen and oxygen atoms in total. The molecule has 0 bridgehead atoms. The first-order valence-corrected chi connectivity index (χ1v) is 8.11. The molecule has 1 aromatic heterocycles. The number of furan rings is 1. The van der Waals surface area contributed by atoms with Crippen LogP contribution in [-0.4, -0.2) is 24.0 Å². The predicted octanol–water partition coefficient (Wildman–Crippen LogP) is 4.04. The Balaban J connectivity index is 2.58. The van der Waals surface area contributed by atoms with Gasteiger partial charge >= 0.3 is 0 Å². The molecule has 116 valence electrons. The fourth-order valence-corrected chi connectivity index (χ4v) is 2.42. The molecule has 20 heavy (non-hydrogen) atoms. The molecule has 0 saturated carbocycles. The van der Waals surface area contributed by atoms with Gasteiger partial charge in [-0.25, -0.2) is 0 Å². The fourth-order valence-electron chi connectivity index (χ4n) is 2.42. The van der Waals surface area contributed by atoms with Gasteiger partial charge in [-0.15, -0.1) is 0 Å². The predicted molar refractivity (Wildman–Crippen MR) is 85.7 cm³/mol. The molecule has 0 atom stereocenters. The maximum absolute atomic E-state index is 5.63. The lowest BCUT2D eigenvalue weighted by atomic mass is 10.0. The van der Waals surface area contributed by atoms with Crippen LogP contribution in [-0.2, 0) is 13.1 Å². The van der Waals surface area contributed by atoms with Crippen molar-refractivity contribution in [2.75, 3.05) is 13.1 Å². The Bertz CT molecular complexity index is 356. The minimum atomic E-state index is 0.486. The second-order valence-electron chi connectivity index (χ2n) is 5.91. The normalized spacial score (nSPS) is 12.0. The molecule has 0 aliphatic carbocycles. The van der Waals surface area contributed by atoms with E-state index in [1.807, 2.05) is 6.26 Å². The molecule has 0 aliphatic rings. The van der Waals surface area contributed by atoms with Crippen molar-refractivity contribution in [1.82, 2.24) is 10.2 Å². The van der Waals surface area contributed by atoms with Crippen LogP contribution in [0.25, 0.3) is 0 Å².